The fourth-order valence-corrected chi connectivity index (χ4v) is 7.21. The molecule has 0 saturated carbocycles. The average molecular weight is 655 g/mol. The van der Waals surface area contributed by atoms with E-state index in [0.717, 1.165) is 66.8 Å². The van der Waals surface area contributed by atoms with Gasteiger partial charge in [-0.05, 0) is 94.2 Å². The number of rotatable bonds is 6. The Morgan fingerprint density at radius 2 is 1.08 bits per heavy atom. The molecule has 0 aliphatic carbocycles. The zero-order valence-corrected chi connectivity index (χ0v) is 27.5. The van der Waals surface area contributed by atoms with Gasteiger partial charge in [0, 0.05) is 27.9 Å². The van der Waals surface area contributed by atoms with Crippen LogP contribution in [-0.2, 0) is 0 Å². The Balaban J connectivity index is 1.18. The fourth-order valence-electron chi connectivity index (χ4n) is 7.21. The van der Waals surface area contributed by atoms with Gasteiger partial charge < -0.3 is 13.7 Å². The Labute approximate surface area is 294 Å². The van der Waals surface area contributed by atoms with Crippen molar-refractivity contribution in [3.8, 4) is 33.7 Å². The molecule has 0 saturated heterocycles. The molecule has 4 heteroatoms. The number of hydrogen-bond donors (Lipinski definition) is 0. The largest absolute Gasteiger partial charge is 0.456 e. The second kappa shape index (κ2) is 11.9. The van der Waals surface area contributed by atoms with E-state index in [0.29, 0.717) is 5.89 Å². The van der Waals surface area contributed by atoms with Crippen LogP contribution in [0, 0.1) is 0 Å². The first-order valence-corrected chi connectivity index (χ1v) is 17.1. The number of para-hydroxylation sites is 1. The van der Waals surface area contributed by atoms with Gasteiger partial charge in [0.15, 0.2) is 5.58 Å². The SMILES string of the molecule is c1ccc(-c2ccc(N(c3ccc4oc5ccc6nc(-c7ccccc7)oc6c5c4c3)c3ccccc3-c3ccc4ccccc4c3)cc2)cc1. The molecule has 0 amide bonds. The van der Waals surface area contributed by atoms with Crippen LogP contribution in [0.2, 0.25) is 0 Å². The number of hydrogen-bond acceptors (Lipinski definition) is 4. The lowest BCUT2D eigenvalue weighted by Gasteiger charge is -2.28. The summed E-state index contributed by atoms with van der Waals surface area (Å²) in [4.78, 5) is 7.19. The maximum Gasteiger partial charge on any atom is 0.227 e. The monoisotopic (exact) mass is 654 g/mol. The predicted octanol–water partition coefficient (Wildman–Crippen LogP) is 13.4. The maximum absolute atomic E-state index is 6.49. The Hall–Kier alpha value is -6.91. The number of nitrogens with zero attached hydrogens (tertiary/aromatic N) is 2. The summed E-state index contributed by atoms with van der Waals surface area (Å²) in [5.41, 5.74) is 11.8. The van der Waals surface area contributed by atoms with E-state index in [4.69, 9.17) is 13.8 Å². The molecule has 10 rings (SSSR count). The lowest BCUT2D eigenvalue weighted by molar-refractivity contribution is 0.622. The van der Waals surface area contributed by atoms with E-state index in [9.17, 15) is 0 Å². The van der Waals surface area contributed by atoms with E-state index in [2.05, 4.69) is 138 Å². The van der Waals surface area contributed by atoms with Crippen molar-refractivity contribution in [3.63, 3.8) is 0 Å². The lowest BCUT2D eigenvalue weighted by Crippen LogP contribution is -2.11. The predicted molar refractivity (Wildman–Crippen MR) is 210 cm³/mol. The summed E-state index contributed by atoms with van der Waals surface area (Å²) in [6.45, 7) is 0. The summed E-state index contributed by atoms with van der Waals surface area (Å²) in [7, 11) is 0. The molecule has 4 nitrogen and oxygen atoms in total. The van der Waals surface area contributed by atoms with Gasteiger partial charge in [-0.1, -0.05) is 115 Å². The number of furan rings is 1. The Bertz CT molecular complexity index is 2850. The lowest BCUT2D eigenvalue weighted by atomic mass is 9.98. The molecule has 240 valence electrons. The van der Waals surface area contributed by atoms with Crippen LogP contribution in [0.25, 0.3) is 77.5 Å². The van der Waals surface area contributed by atoms with Crippen LogP contribution in [0.4, 0.5) is 17.1 Å². The van der Waals surface area contributed by atoms with Gasteiger partial charge in [0.25, 0.3) is 0 Å². The first-order chi connectivity index (χ1) is 25.3. The van der Waals surface area contributed by atoms with E-state index >= 15 is 0 Å². The highest BCUT2D eigenvalue weighted by molar-refractivity contribution is 6.17. The third-order valence-corrected chi connectivity index (χ3v) is 9.69. The summed E-state index contributed by atoms with van der Waals surface area (Å²) in [6, 6.07) is 63.6. The van der Waals surface area contributed by atoms with E-state index in [1.807, 2.05) is 48.5 Å². The highest BCUT2D eigenvalue weighted by Gasteiger charge is 2.21. The number of anilines is 3. The zero-order chi connectivity index (χ0) is 33.7. The molecule has 51 heavy (non-hydrogen) atoms. The van der Waals surface area contributed by atoms with Crippen LogP contribution in [0.5, 0.6) is 0 Å². The third-order valence-electron chi connectivity index (χ3n) is 9.69. The molecule has 0 bridgehead atoms. The van der Waals surface area contributed by atoms with Crippen LogP contribution >= 0.6 is 0 Å². The molecule has 0 radical (unpaired) electrons. The summed E-state index contributed by atoms with van der Waals surface area (Å²) in [6.07, 6.45) is 0. The molecule has 10 aromatic rings. The molecular formula is C47H30N2O2. The molecule has 0 spiro atoms. The van der Waals surface area contributed by atoms with Gasteiger partial charge in [-0.15, -0.1) is 0 Å². The van der Waals surface area contributed by atoms with Crippen LogP contribution in [-0.4, -0.2) is 4.98 Å². The fraction of sp³-hybridized carbons (Fsp3) is 0. The molecule has 8 aromatic carbocycles. The van der Waals surface area contributed by atoms with E-state index in [-0.39, 0.29) is 0 Å². The number of benzene rings is 8. The molecule has 0 unspecified atom stereocenters. The van der Waals surface area contributed by atoms with Gasteiger partial charge in [-0.25, -0.2) is 4.98 Å². The van der Waals surface area contributed by atoms with Gasteiger partial charge >= 0.3 is 0 Å². The second-order valence-corrected chi connectivity index (χ2v) is 12.8. The molecule has 0 fully saturated rings. The summed E-state index contributed by atoms with van der Waals surface area (Å²) in [5, 5.41) is 4.32. The Kier molecular flexibility index (Phi) is 6.78. The van der Waals surface area contributed by atoms with Crippen LogP contribution in [0.3, 0.4) is 0 Å². The minimum absolute atomic E-state index is 0.591. The van der Waals surface area contributed by atoms with Gasteiger partial charge in [-0.3, -0.25) is 0 Å². The van der Waals surface area contributed by atoms with Crippen LogP contribution < -0.4 is 4.90 Å². The minimum atomic E-state index is 0.591. The number of aromatic nitrogens is 1. The molecule has 0 aliphatic heterocycles. The third kappa shape index (κ3) is 5.04. The number of oxazole rings is 1. The summed E-state index contributed by atoms with van der Waals surface area (Å²) < 4.78 is 12.9. The van der Waals surface area contributed by atoms with E-state index in [1.165, 1.54) is 21.9 Å². The average Bonchev–Trinajstić information content (AvgIpc) is 3.81. The van der Waals surface area contributed by atoms with E-state index < -0.39 is 0 Å². The van der Waals surface area contributed by atoms with Crippen molar-refractivity contribution in [3.05, 3.63) is 182 Å². The normalized spacial score (nSPS) is 11.5. The van der Waals surface area contributed by atoms with Gasteiger partial charge in [-0.2, -0.15) is 0 Å². The van der Waals surface area contributed by atoms with Crippen molar-refractivity contribution in [2.75, 3.05) is 4.90 Å². The molecule has 0 N–H and O–H groups in total. The molecule has 2 heterocycles. The Morgan fingerprint density at radius 1 is 0.431 bits per heavy atom. The summed E-state index contributed by atoms with van der Waals surface area (Å²) >= 11 is 0. The molecule has 0 atom stereocenters. The molecule has 0 aliphatic rings. The van der Waals surface area contributed by atoms with Gasteiger partial charge in [0.1, 0.15) is 16.7 Å². The van der Waals surface area contributed by atoms with Crippen LogP contribution in [0.15, 0.2) is 191 Å². The van der Waals surface area contributed by atoms with Crippen molar-refractivity contribution in [2.45, 2.75) is 0 Å². The molecule has 2 aromatic heterocycles. The van der Waals surface area contributed by atoms with Crippen molar-refractivity contribution in [1.29, 1.82) is 0 Å². The second-order valence-electron chi connectivity index (χ2n) is 12.8. The van der Waals surface area contributed by atoms with Gasteiger partial charge in [0.05, 0.1) is 11.1 Å². The van der Waals surface area contributed by atoms with Crippen LogP contribution in [0.1, 0.15) is 0 Å². The smallest absolute Gasteiger partial charge is 0.227 e. The molecular weight excluding hydrogens is 625 g/mol. The van der Waals surface area contributed by atoms with Crippen molar-refractivity contribution in [1.82, 2.24) is 4.98 Å². The van der Waals surface area contributed by atoms with Crippen molar-refractivity contribution in [2.24, 2.45) is 0 Å². The van der Waals surface area contributed by atoms with E-state index in [1.54, 1.807) is 0 Å². The standard InChI is InChI=1S/C47H30N2O2/c1-3-11-31(12-4-1)33-21-23-37(24-22-33)49(42-18-10-9-17-39(42)36-20-19-32-13-7-8-16-35(32)29-36)38-25-27-43-40(30-38)45-44(50-43)28-26-41-46(45)51-47(48-41)34-14-5-2-6-15-34/h1-30H. The topological polar surface area (TPSA) is 42.4 Å². The maximum atomic E-state index is 6.49. The Morgan fingerprint density at radius 3 is 1.90 bits per heavy atom. The first kappa shape index (κ1) is 29.0. The minimum Gasteiger partial charge on any atom is -0.456 e. The number of fused-ring (bicyclic) bond motifs is 6. The highest BCUT2D eigenvalue weighted by atomic mass is 16.4. The van der Waals surface area contributed by atoms with Crippen molar-refractivity contribution < 1.29 is 8.83 Å². The highest BCUT2D eigenvalue weighted by Crippen LogP contribution is 2.44. The van der Waals surface area contributed by atoms with Crippen molar-refractivity contribution >= 4 is 60.9 Å². The quantitative estimate of drug-likeness (QED) is 0.179. The zero-order valence-electron chi connectivity index (χ0n) is 27.5. The summed E-state index contributed by atoms with van der Waals surface area (Å²) in [5.74, 6) is 0.591. The first-order valence-electron chi connectivity index (χ1n) is 17.1. The van der Waals surface area contributed by atoms with Gasteiger partial charge in [0.2, 0.25) is 5.89 Å².